The molecule has 1 unspecified atom stereocenters. The van der Waals surface area contributed by atoms with E-state index in [9.17, 15) is 0 Å². The van der Waals surface area contributed by atoms with Crippen LogP contribution in [0, 0.1) is 0 Å². The standard InChI is InChI=1S/C61H43N3/c1-5-17-45(18-6-1)61-55-27-14-13-25-53(55)57-41-51(37-39-56(57)61)62(46-19-7-2-8-20-46)49-33-29-43(30-34-49)44-31-35-50(36-32-44)63(47-21-9-3-10-22-47)52-38-40-60-58(42-52)54-26-15-16-28-59(54)64(60)48-23-11-4-12-24-48/h1-42,61H. The van der Waals surface area contributed by atoms with Gasteiger partial charge in [-0.25, -0.2) is 0 Å². The average molecular weight is 818 g/mol. The van der Waals surface area contributed by atoms with E-state index < -0.39 is 0 Å². The first kappa shape index (κ1) is 37.4. The minimum absolute atomic E-state index is 0.217. The summed E-state index contributed by atoms with van der Waals surface area (Å²) in [5.74, 6) is 0.217. The van der Waals surface area contributed by atoms with Gasteiger partial charge in [-0.1, -0.05) is 158 Å². The van der Waals surface area contributed by atoms with Crippen LogP contribution >= 0.6 is 0 Å². The molecule has 302 valence electrons. The molecule has 1 aliphatic rings. The molecule has 0 spiro atoms. The molecule has 0 aliphatic heterocycles. The molecular weight excluding hydrogens is 775 g/mol. The van der Waals surface area contributed by atoms with E-state index in [2.05, 4.69) is 269 Å². The van der Waals surface area contributed by atoms with Crippen LogP contribution in [0.5, 0.6) is 0 Å². The minimum Gasteiger partial charge on any atom is -0.310 e. The van der Waals surface area contributed by atoms with Crippen molar-refractivity contribution < 1.29 is 0 Å². The van der Waals surface area contributed by atoms with Crippen molar-refractivity contribution in [3.8, 4) is 27.9 Å². The summed E-state index contributed by atoms with van der Waals surface area (Å²) in [6.07, 6.45) is 0. The third-order valence-electron chi connectivity index (χ3n) is 12.8. The second kappa shape index (κ2) is 15.8. The lowest BCUT2D eigenvalue weighted by Gasteiger charge is -2.27. The number of para-hydroxylation sites is 4. The zero-order valence-corrected chi connectivity index (χ0v) is 35.2. The third kappa shape index (κ3) is 6.45. The largest absolute Gasteiger partial charge is 0.310 e. The molecule has 0 radical (unpaired) electrons. The molecule has 64 heavy (non-hydrogen) atoms. The Morgan fingerprint density at radius 1 is 0.297 bits per heavy atom. The van der Waals surface area contributed by atoms with E-state index in [1.807, 2.05) is 0 Å². The number of aromatic nitrogens is 1. The minimum atomic E-state index is 0.217. The lowest BCUT2D eigenvalue weighted by molar-refractivity contribution is 1.01. The molecule has 0 saturated carbocycles. The van der Waals surface area contributed by atoms with Gasteiger partial charge < -0.3 is 14.4 Å². The number of rotatable bonds is 9. The molecule has 12 rings (SSSR count). The third-order valence-corrected chi connectivity index (χ3v) is 12.8. The Kier molecular flexibility index (Phi) is 9.23. The summed E-state index contributed by atoms with van der Waals surface area (Å²) < 4.78 is 2.37. The normalized spacial score (nSPS) is 12.8. The number of fused-ring (bicyclic) bond motifs is 6. The van der Waals surface area contributed by atoms with Crippen molar-refractivity contribution >= 4 is 55.9 Å². The van der Waals surface area contributed by atoms with E-state index in [1.54, 1.807) is 0 Å². The molecule has 0 saturated heterocycles. The van der Waals surface area contributed by atoms with Gasteiger partial charge in [0.05, 0.1) is 11.0 Å². The van der Waals surface area contributed by atoms with Crippen LogP contribution in [0.4, 0.5) is 34.1 Å². The SMILES string of the molecule is c1ccc(C2c3ccccc3-c3cc(N(c4ccccc4)c4ccc(-c5ccc(N(c6ccccc6)c6ccc7c(c6)c6ccccc6n7-c6ccccc6)cc5)cc4)ccc32)cc1. The van der Waals surface area contributed by atoms with Gasteiger partial charge in [0.1, 0.15) is 0 Å². The average Bonchev–Trinajstić information content (AvgIpc) is 3.88. The molecule has 3 nitrogen and oxygen atoms in total. The van der Waals surface area contributed by atoms with E-state index in [-0.39, 0.29) is 5.92 Å². The first-order chi connectivity index (χ1) is 31.8. The molecule has 0 bridgehead atoms. The smallest absolute Gasteiger partial charge is 0.0542 e. The number of nitrogens with zero attached hydrogens (tertiary/aromatic N) is 3. The number of benzene rings is 10. The van der Waals surface area contributed by atoms with Crippen LogP contribution in [-0.2, 0) is 0 Å². The van der Waals surface area contributed by atoms with Gasteiger partial charge in [0, 0.05) is 56.5 Å². The quantitative estimate of drug-likeness (QED) is 0.144. The Morgan fingerprint density at radius 2 is 0.750 bits per heavy atom. The fourth-order valence-corrected chi connectivity index (χ4v) is 9.94. The van der Waals surface area contributed by atoms with Crippen LogP contribution in [-0.4, -0.2) is 4.57 Å². The summed E-state index contributed by atoms with van der Waals surface area (Å²) in [6.45, 7) is 0. The van der Waals surface area contributed by atoms with Crippen LogP contribution in [0.25, 0.3) is 49.7 Å². The van der Waals surface area contributed by atoms with Crippen molar-refractivity contribution in [1.82, 2.24) is 4.57 Å². The molecule has 1 atom stereocenters. The topological polar surface area (TPSA) is 11.4 Å². The van der Waals surface area contributed by atoms with E-state index in [1.165, 1.54) is 55.2 Å². The van der Waals surface area contributed by atoms with Crippen molar-refractivity contribution in [2.75, 3.05) is 9.80 Å². The number of hydrogen-bond donors (Lipinski definition) is 0. The van der Waals surface area contributed by atoms with Crippen molar-refractivity contribution in [2.24, 2.45) is 0 Å². The molecular formula is C61H43N3. The number of anilines is 6. The highest BCUT2D eigenvalue weighted by Gasteiger charge is 2.30. The van der Waals surface area contributed by atoms with E-state index in [0.717, 1.165) is 45.4 Å². The van der Waals surface area contributed by atoms with E-state index in [4.69, 9.17) is 0 Å². The van der Waals surface area contributed by atoms with Crippen LogP contribution in [0.2, 0.25) is 0 Å². The van der Waals surface area contributed by atoms with Gasteiger partial charge in [-0.2, -0.15) is 0 Å². The zero-order chi connectivity index (χ0) is 42.4. The highest BCUT2D eigenvalue weighted by molar-refractivity contribution is 6.10. The number of hydrogen-bond acceptors (Lipinski definition) is 2. The molecule has 1 aromatic heterocycles. The van der Waals surface area contributed by atoms with Crippen molar-refractivity contribution in [3.63, 3.8) is 0 Å². The molecule has 0 amide bonds. The molecule has 0 N–H and O–H groups in total. The first-order valence-corrected chi connectivity index (χ1v) is 22.0. The summed E-state index contributed by atoms with van der Waals surface area (Å²) in [5, 5.41) is 2.46. The van der Waals surface area contributed by atoms with Crippen molar-refractivity contribution in [3.05, 3.63) is 271 Å². The van der Waals surface area contributed by atoms with Gasteiger partial charge >= 0.3 is 0 Å². The summed E-state index contributed by atoms with van der Waals surface area (Å²) in [5.41, 5.74) is 19.2. The Labute approximate surface area is 374 Å². The maximum Gasteiger partial charge on any atom is 0.0542 e. The van der Waals surface area contributed by atoms with E-state index >= 15 is 0 Å². The molecule has 11 aromatic rings. The Balaban J connectivity index is 0.890. The summed E-state index contributed by atoms with van der Waals surface area (Å²) in [6, 6.07) is 92.4. The molecule has 3 heteroatoms. The second-order valence-electron chi connectivity index (χ2n) is 16.5. The molecule has 10 aromatic carbocycles. The second-order valence-corrected chi connectivity index (χ2v) is 16.5. The van der Waals surface area contributed by atoms with E-state index in [0.29, 0.717) is 0 Å². The predicted octanol–water partition coefficient (Wildman–Crippen LogP) is 16.6. The summed E-state index contributed by atoms with van der Waals surface area (Å²) >= 11 is 0. The Bertz CT molecular complexity index is 3410. The van der Waals surface area contributed by atoms with Crippen LogP contribution in [0.3, 0.4) is 0 Å². The van der Waals surface area contributed by atoms with Gasteiger partial charge in [0.25, 0.3) is 0 Å². The molecule has 0 fully saturated rings. The van der Waals surface area contributed by atoms with Crippen LogP contribution in [0.1, 0.15) is 22.6 Å². The Hall–Kier alpha value is -8.40. The highest BCUT2D eigenvalue weighted by Crippen LogP contribution is 2.50. The first-order valence-electron chi connectivity index (χ1n) is 22.0. The van der Waals surface area contributed by atoms with Crippen molar-refractivity contribution in [2.45, 2.75) is 5.92 Å². The van der Waals surface area contributed by atoms with Crippen LogP contribution in [0.15, 0.2) is 255 Å². The highest BCUT2D eigenvalue weighted by atomic mass is 15.1. The fraction of sp³-hybridized carbons (Fsp3) is 0.0164. The summed E-state index contributed by atoms with van der Waals surface area (Å²) in [4.78, 5) is 4.73. The zero-order valence-electron chi connectivity index (χ0n) is 35.2. The van der Waals surface area contributed by atoms with Gasteiger partial charge in [-0.15, -0.1) is 0 Å². The lowest BCUT2D eigenvalue weighted by Crippen LogP contribution is -2.10. The van der Waals surface area contributed by atoms with Gasteiger partial charge in [0.2, 0.25) is 0 Å². The fourth-order valence-electron chi connectivity index (χ4n) is 9.94. The molecule has 1 aliphatic carbocycles. The Morgan fingerprint density at radius 3 is 1.39 bits per heavy atom. The van der Waals surface area contributed by atoms with Crippen molar-refractivity contribution in [1.29, 1.82) is 0 Å². The predicted molar refractivity (Wildman–Crippen MR) is 268 cm³/mol. The molecule has 1 heterocycles. The van der Waals surface area contributed by atoms with Gasteiger partial charge in [-0.05, 0) is 136 Å². The maximum atomic E-state index is 2.38. The summed E-state index contributed by atoms with van der Waals surface area (Å²) in [7, 11) is 0. The monoisotopic (exact) mass is 817 g/mol. The lowest BCUT2D eigenvalue weighted by atomic mass is 9.89. The van der Waals surface area contributed by atoms with Gasteiger partial charge in [-0.3, -0.25) is 0 Å². The van der Waals surface area contributed by atoms with Gasteiger partial charge in [0.15, 0.2) is 0 Å². The van der Waals surface area contributed by atoms with Crippen LogP contribution < -0.4 is 9.80 Å². The maximum absolute atomic E-state index is 2.38.